The van der Waals surface area contributed by atoms with Crippen molar-refractivity contribution in [2.24, 2.45) is 0 Å². The summed E-state index contributed by atoms with van der Waals surface area (Å²) < 4.78 is 18.5. The van der Waals surface area contributed by atoms with Gasteiger partial charge in [-0.15, -0.1) is 0 Å². The third-order valence-corrected chi connectivity index (χ3v) is 6.26. The van der Waals surface area contributed by atoms with Crippen LogP contribution >= 0.6 is 11.6 Å². The van der Waals surface area contributed by atoms with Crippen molar-refractivity contribution in [2.75, 3.05) is 33.4 Å². The number of ether oxygens (including phenoxy) is 3. The van der Waals surface area contributed by atoms with Gasteiger partial charge in [0.05, 0.1) is 31.7 Å². The summed E-state index contributed by atoms with van der Waals surface area (Å²) in [6.45, 7) is 2.37. The molecule has 0 saturated carbocycles. The number of methoxy groups -OCH3 is 1. The lowest BCUT2D eigenvalue weighted by Gasteiger charge is -2.37. The second kappa shape index (κ2) is 8.58. The molecule has 2 saturated heterocycles. The van der Waals surface area contributed by atoms with E-state index < -0.39 is 5.79 Å². The van der Waals surface area contributed by atoms with Crippen molar-refractivity contribution in [3.05, 3.63) is 65.3 Å². The number of nitrogens with zero attached hydrogens (tertiary/aromatic N) is 3. The smallest absolute Gasteiger partial charge is 0.272 e. The number of amides is 1. The molecule has 8 heteroatoms. The summed E-state index contributed by atoms with van der Waals surface area (Å²) in [4.78, 5) is 15.4. The van der Waals surface area contributed by atoms with E-state index in [1.54, 1.807) is 23.9 Å². The number of likely N-dealkylation sites (tertiary alicyclic amines) is 1. The molecule has 0 bridgehead atoms. The maximum Gasteiger partial charge on any atom is 0.272 e. The summed E-state index contributed by atoms with van der Waals surface area (Å²) >= 11 is 6.07. The van der Waals surface area contributed by atoms with Crippen LogP contribution in [0.5, 0.6) is 5.75 Å². The molecule has 0 atom stereocenters. The Morgan fingerprint density at radius 2 is 1.69 bits per heavy atom. The Bertz CT molecular complexity index is 1100. The molecule has 166 valence electrons. The number of rotatable bonds is 4. The molecule has 0 aliphatic carbocycles. The Balaban J connectivity index is 1.47. The van der Waals surface area contributed by atoms with Gasteiger partial charge in [0.2, 0.25) is 0 Å². The number of carbonyl (C=O) groups excluding carboxylic acids is 1. The molecule has 0 radical (unpaired) electrons. The van der Waals surface area contributed by atoms with Crippen LogP contribution < -0.4 is 4.74 Å². The van der Waals surface area contributed by atoms with Gasteiger partial charge in [0, 0.05) is 36.5 Å². The number of carbonyl (C=O) groups is 1. The van der Waals surface area contributed by atoms with Crippen molar-refractivity contribution in [3.8, 4) is 22.7 Å². The van der Waals surface area contributed by atoms with E-state index in [1.165, 1.54) is 0 Å². The Kier molecular flexibility index (Phi) is 5.63. The first-order valence-corrected chi connectivity index (χ1v) is 11.0. The highest BCUT2D eigenvalue weighted by Crippen LogP contribution is 2.32. The Morgan fingerprint density at radius 3 is 2.31 bits per heavy atom. The Morgan fingerprint density at radius 1 is 1.03 bits per heavy atom. The predicted molar refractivity (Wildman–Crippen MR) is 120 cm³/mol. The molecule has 2 aliphatic heterocycles. The van der Waals surface area contributed by atoms with E-state index >= 15 is 0 Å². The first-order chi connectivity index (χ1) is 15.6. The second-order valence-corrected chi connectivity index (χ2v) is 8.37. The molecular formula is C24H24ClN3O4. The van der Waals surface area contributed by atoms with Crippen LogP contribution in [0.4, 0.5) is 0 Å². The highest BCUT2D eigenvalue weighted by Gasteiger charge is 2.41. The van der Waals surface area contributed by atoms with Gasteiger partial charge in [0.1, 0.15) is 11.4 Å². The molecule has 3 heterocycles. The SMILES string of the molecule is COc1ccc(-c2cc(C(=O)N3CCC4(CC3)OCCO4)n(-c3ccc(Cl)cc3)n2)cc1. The number of hydrogen-bond acceptors (Lipinski definition) is 5. The fourth-order valence-corrected chi connectivity index (χ4v) is 4.34. The topological polar surface area (TPSA) is 65.8 Å². The first kappa shape index (κ1) is 21.0. The van der Waals surface area contributed by atoms with Crippen LogP contribution in [0.1, 0.15) is 23.3 Å². The molecule has 0 unspecified atom stereocenters. The van der Waals surface area contributed by atoms with Gasteiger partial charge >= 0.3 is 0 Å². The van der Waals surface area contributed by atoms with Gasteiger partial charge in [-0.2, -0.15) is 5.10 Å². The van der Waals surface area contributed by atoms with Crippen LogP contribution in [0.2, 0.25) is 5.02 Å². The maximum atomic E-state index is 13.5. The summed E-state index contributed by atoms with van der Waals surface area (Å²) in [7, 11) is 1.63. The summed E-state index contributed by atoms with van der Waals surface area (Å²) in [5, 5.41) is 5.39. The lowest BCUT2D eigenvalue weighted by Crippen LogP contribution is -2.47. The third-order valence-electron chi connectivity index (χ3n) is 6.01. The van der Waals surface area contributed by atoms with E-state index in [0.717, 1.165) is 17.0 Å². The molecule has 1 spiro atoms. The largest absolute Gasteiger partial charge is 0.497 e. The van der Waals surface area contributed by atoms with E-state index in [0.29, 0.717) is 55.6 Å². The monoisotopic (exact) mass is 453 g/mol. The number of hydrogen-bond donors (Lipinski definition) is 0. The van der Waals surface area contributed by atoms with E-state index in [-0.39, 0.29) is 5.91 Å². The molecule has 2 aromatic carbocycles. The number of halogens is 1. The number of aromatic nitrogens is 2. The minimum atomic E-state index is -0.526. The van der Waals surface area contributed by atoms with E-state index in [9.17, 15) is 4.79 Å². The summed E-state index contributed by atoms with van der Waals surface area (Å²) in [5.41, 5.74) is 2.88. The minimum Gasteiger partial charge on any atom is -0.497 e. The summed E-state index contributed by atoms with van der Waals surface area (Å²) in [6, 6.07) is 16.8. The summed E-state index contributed by atoms with van der Waals surface area (Å²) in [6.07, 6.45) is 1.33. The Labute approximate surface area is 191 Å². The average Bonchev–Trinajstić information content (AvgIpc) is 3.48. The van der Waals surface area contributed by atoms with Crippen LogP contribution in [0.25, 0.3) is 16.9 Å². The first-order valence-electron chi connectivity index (χ1n) is 10.6. The fraction of sp³-hybridized carbons (Fsp3) is 0.333. The second-order valence-electron chi connectivity index (χ2n) is 7.93. The number of benzene rings is 2. The van der Waals surface area contributed by atoms with E-state index in [4.69, 9.17) is 30.9 Å². The zero-order valence-corrected chi connectivity index (χ0v) is 18.5. The molecule has 1 aromatic heterocycles. The third kappa shape index (κ3) is 3.99. The molecule has 7 nitrogen and oxygen atoms in total. The predicted octanol–water partition coefficient (Wildman–Crippen LogP) is 4.18. The average molecular weight is 454 g/mol. The zero-order chi connectivity index (χ0) is 22.1. The van der Waals surface area contributed by atoms with Crippen molar-refractivity contribution >= 4 is 17.5 Å². The van der Waals surface area contributed by atoms with Crippen LogP contribution in [-0.4, -0.2) is 59.8 Å². The van der Waals surface area contributed by atoms with Crippen LogP contribution in [0.15, 0.2) is 54.6 Å². The quantitative estimate of drug-likeness (QED) is 0.593. The van der Waals surface area contributed by atoms with Crippen molar-refractivity contribution in [2.45, 2.75) is 18.6 Å². The van der Waals surface area contributed by atoms with Gasteiger partial charge in [0.25, 0.3) is 5.91 Å². The van der Waals surface area contributed by atoms with Crippen LogP contribution in [0.3, 0.4) is 0 Å². The van der Waals surface area contributed by atoms with Gasteiger partial charge in [-0.25, -0.2) is 4.68 Å². The standard InChI is InChI=1S/C24H24ClN3O4/c1-30-20-8-2-17(3-9-20)21-16-22(28(26-21)19-6-4-18(25)5-7-19)23(29)27-12-10-24(11-13-27)31-14-15-32-24/h2-9,16H,10-15H2,1H3. The normalized spacial score (nSPS) is 17.6. The molecule has 1 amide bonds. The summed E-state index contributed by atoms with van der Waals surface area (Å²) in [5.74, 6) is 0.169. The van der Waals surface area contributed by atoms with Gasteiger partial charge < -0.3 is 19.1 Å². The molecule has 5 rings (SSSR count). The molecule has 2 fully saturated rings. The van der Waals surface area contributed by atoms with Gasteiger partial charge in [-0.1, -0.05) is 11.6 Å². The van der Waals surface area contributed by atoms with Gasteiger partial charge in [0.15, 0.2) is 5.79 Å². The highest BCUT2D eigenvalue weighted by atomic mass is 35.5. The van der Waals surface area contributed by atoms with Crippen molar-refractivity contribution in [1.82, 2.24) is 14.7 Å². The fourth-order valence-electron chi connectivity index (χ4n) is 4.21. The highest BCUT2D eigenvalue weighted by molar-refractivity contribution is 6.30. The molecule has 3 aromatic rings. The maximum absolute atomic E-state index is 13.5. The van der Waals surface area contributed by atoms with Crippen LogP contribution in [0, 0.1) is 0 Å². The molecule has 2 aliphatic rings. The zero-order valence-electron chi connectivity index (χ0n) is 17.8. The molecule has 32 heavy (non-hydrogen) atoms. The van der Waals surface area contributed by atoms with Gasteiger partial charge in [-0.05, 0) is 54.6 Å². The number of piperidine rings is 1. The van der Waals surface area contributed by atoms with E-state index in [2.05, 4.69) is 0 Å². The Hall–Kier alpha value is -2.87. The van der Waals surface area contributed by atoms with Gasteiger partial charge in [-0.3, -0.25) is 4.79 Å². The van der Waals surface area contributed by atoms with Crippen molar-refractivity contribution in [3.63, 3.8) is 0 Å². The minimum absolute atomic E-state index is 0.0694. The van der Waals surface area contributed by atoms with Crippen molar-refractivity contribution < 1.29 is 19.0 Å². The van der Waals surface area contributed by atoms with Crippen LogP contribution in [-0.2, 0) is 9.47 Å². The lowest BCUT2D eigenvalue weighted by molar-refractivity contribution is -0.181. The van der Waals surface area contributed by atoms with E-state index in [1.807, 2.05) is 47.4 Å². The molecule has 0 N–H and O–H groups in total. The van der Waals surface area contributed by atoms with Crippen molar-refractivity contribution in [1.29, 1.82) is 0 Å². The molecular weight excluding hydrogens is 430 g/mol. The lowest BCUT2D eigenvalue weighted by atomic mass is 10.0.